The number of anilines is 1. The van der Waals surface area contributed by atoms with Crippen LogP contribution >= 0.6 is 0 Å². The average molecular weight is 271 g/mol. The molecule has 0 aliphatic heterocycles. The zero-order chi connectivity index (χ0) is 13.9. The second-order valence-corrected chi connectivity index (χ2v) is 5.55. The lowest BCUT2D eigenvalue weighted by Crippen LogP contribution is -2.35. The smallest absolute Gasteiger partial charge is 0.241 e. The summed E-state index contributed by atoms with van der Waals surface area (Å²) in [5.74, 6) is -0.248. The van der Waals surface area contributed by atoms with Crippen molar-refractivity contribution in [2.45, 2.75) is 24.8 Å². The molecule has 0 aliphatic carbocycles. The Bertz CT molecular complexity index is 555. The fourth-order valence-electron chi connectivity index (χ4n) is 1.37. The van der Waals surface area contributed by atoms with E-state index in [0.29, 0.717) is 11.3 Å². The van der Waals surface area contributed by atoms with E-state index in [9.17, 15) is 13.2 Å². The van der Waals surface area contributed by atoms with Gasteiger partial charge in [0.2, 0.25) is 15.9 Å². The molecule has 1 rings (SSSR count). The maximum absolute atomic E-state index is 11.6. The summed E-state index contributed by atoms with van der Waals surface area (Å²) in [5.41, 5.74) is 0.939. The van der Waals surface area contributed by atoms with Gasteiger partial charge in [-0.2, -0.15) is 0 Å². The van der Waals surface area contributed by atoms with Crippen molar-refractivity contribution >= 4 is 21.6 Å². The minimum absolute atomic E-state index is 0.0115. The van der Waals surface area contributed by atoms with Gasteiger partial charge in [-0.3, -0.25) is 4.79 Å². The Kier molecular flexibility index (Phi) is 4.44. The van der Waals surface area contributed by atoms with Gasteiger partial charge in [0, 0.05) is 5.69 Å². The summed E-state index contributed by atoms with van der Waals surface area (Å²) >= 11 is 0. The molecule has 0 aliphatic rings. The van der Waals surface area contributed by atoms with Crippen molar-refractivity contribution in [3.63, 3.8) is 0 Å². The molecule has 1 aromatic rings. The van der Waals surface area contributed by atoms with Gasteiger partial charge in [0.05, 0.1) is 10.9 Å². The Hall–Kier alpha value is -1.44. The molecule has 1 atom stereocenters. The van der Waals surface area contributed by atoms with E-state index in [2.05, 4.69) is 10.6 Å². The second-order valence-electron chi connectivity index (χ2n) is 4.02. The van der Waals surface area contributed by atoms with Crippen LogP contribution in [0.5, 0.6) is 0 Å². The van der Waals surface area contributed by atoms with Crippen LogP contribution in [0.15, 0.2) is 23.1 Å². The lowest BCUT2D eigenvalue weighted by molar-refractivity contribution is -0.117. The maximum atomic E-state index is 11.6. The molecule has 100 valence electrons. The summed E-state index contributed by atoms with van der Waals surface area (Å²) < 4.78 is 22.7. The SMILES string of the molecule is CNC(C)C(=O)Nc1ccc(C)c(S(N)(=O)=O)c1. The molecule has 0 heterocycles. The third kappa shape index (κ3) is 3.52. The first-order valence-corrected chi connectivity index (χ1v) is 6.92. The number of amides is 1. The van der Waals surface area contributed by atoms with Crippen molar-refractivity contribution in [1.29, 1.82) is 0 Å². The molecule has 0 saturated carbocycles. The van der Waals surface area contributed by atoms with Crippen molar-refractivity contribution in [2.24, 2.45) is 5.14 Å². The van der Waals surface area contributed by atoms with Crippen LogP contribution in [-0.4, -0.2) is 27.4 Å². The number of carbonyl (C=O) groups is 1. The van der Waals surface area contributed by atoms with Gasteiger partial charge in [-0.25, -0.2) is 13.6 Å². The molecule has 18 heavy (non-hydrogen) atoms. The normalized spacial score (nSPS) is 13.1. The highest BCUT2D eigenvalue weighted by atomic mass is 32.2. The molecule has 0 bridgehead atoms. The largest absolute Gasteiger partial charge is 0.325 e. The summed E-state index contributed by atoms with van der Waals surface area (Å²) in [6, 6.07) is 4.21. The first-order chi connectivity index (χ1) is 8.25. The third-order valence-electron chi connectivity index (χ3n) is 2.59. The zero-order valence-electron chi connectivity index (χ0n) is 10.5. The standard InChI is InChI=1S/C11H17N3O3S/c1-7-4-5-9(6-10(7)18(12,16)17)14-11(15)8(2)13-3/h4-6,8,13H,1-3H3,(H,14,15)(H2,12,16,17). The quantitative estimate of drug-likeness (QED) is 0.727. The van der Waals surface area contributed by atoms with Crippen LogP contribution < -0.4 is 15.8 Å². The summed E-state index contributed by atoms with van der Waals surface area (Å²) in [7, 11) is -2.12. The number of nitrogens with two attached hydrogens (primary N) is 1. The molecule has 0 spiro atoms. The molecule has 1 amide bonds. The van der Waals surface area contributed by atoms with E-state index in [1.165, 1.54) is 6.07 Å². The number of hydrogen-bond donors (Lipinski definition) is 3. The Morgan fingerprint density at radius 1 is 1.39 bits per heavy atom. The van der Waals surface area contributed by atoms with Crippen molar-refractivity contribution in [3.05, 3.63) is 23.8 Å². The van der Waals surface area contributed by atoms with Crippen molar-refractivity contribution < 1.29 is 13.2 Å². The molecule has 1 unspecified atom stereocenters. The van der Waals surface area contributed by atoms with Gasteiger partial charge in [0.15, 0.2) is 0 Å². The number of carbonyl (C=O) groups excluding carboxylic acids is 1. The first-order valence-electron chi connectivity index (χ1n) is 5.37. The molecule has 0 radical (unpaired) electrons. The summed E-state index contributed by atoms with van der Waals surface area (Å²) in [6.45, 7) is 3.34. The third-order valence-corrected chi connectivity index (χ3v) is 3.64. The summed E-state index contributed by atoms with van der Waals surface area (Å²) in [6.07, 6.45) is 0. The molecule has 0 fully saturated rings. The Balaban J connectivity index is 3.04. The number of primary sulfonamides is 1. The van der Waals surface area contributed by atoms with Crippen LogP contribution in [-0.2, 0) is 14.8 Å². The Morgan fingerprint density at radius 3 is 2.50 bits per heavy atom. The van der Waals surface area contributed by atoms with Crippen LogP contribution in [0.4, 0.5) is 5.69 Å². The topological polar surface area (TPSA) is 101 Å². The fraction of sp³-hybridized carbons (Fsp3) is 0.364. The van der Waals surface area contributed by atoms with E-state index in [-0.39, 0.29) is 16.8 Å². The number of nitrogens with one attached hydrogen (secondary N) is 2. The van der Waals surface area contributed by atoms with Crippen molar-refractivity contribution in [1.82, 2.24) is 5.32 Å². The Morgan fingerprint density at radius 2 is 2.00 bits per heavy atom. The van der Waals surface area contributed by atoms with E-state index in [1.807, 2.05) is 0 Å². The molecule has 1 aromatic carbocycles. The molecule has 0 saturated heterocycles. The highest BCUT2D eigenvalue weighted by Gasteiger charge is 2.14. The number of benzene rings is 1. The molecular weight excluding hydrogens is 254 g/mol. The molecule has 6 nitrogen and oxygen atoms in total. The van der Waals surface area contributed by atoms with E-state index < -0.39 is 10.0 Å². The van der Waals surface area contributed by atoms with E-state index in [0.717, 1.165) is 0 Å². The van der Waals surface area contributed by atoms with Crippen molar-refractivity contribution in [3.8, 4) is 0 Å². The van der Waals surface area contributed by atoms with Crippen LogP contribution in [0.25, 0.3) is 0 Å². The zero-order valence-corrected chi connectivity index (χ0v) is 11.3. The van der Waals surface area contributed by atoms with Crippen LogP contribution in [0.3, 0.4) is 0 Å². The van der Waals surface area contributed by atoms with Crippen molar-refractivity contribution in [2.75, 3.05) is 12.4 Å². The van der Waals surface area contributed by atoms with Crippen LogP contribution in [0.2, 0.25) is 0 Å². The average Bonchev–Trinajstić information content (AvgIpc) is 2.29. The lowest BCUT2D eigenvalue weighted by Gasteiger charge is -2.12. The number of sulfonamides is 1. The highest BCUT2D eigenvalue weighted by Crippen LogP contribution is 2.19. The van der Waals surface area contributed by atoms with Gasteiger partial charge < -0.3 is 10.6 Å². The second kappa shape index (κ2) is 5.47. The van der Waals surface area contributed by atoms with E-state index in [4.69, 9.17) is 5.14 Å². The number of aryl methyl sites for hydroxylation is 1. The van der Waals surface area contributed by atoms with Crippen LogP contribution in [0, 0.1) is 6.92 Å². The number of likely N-dealkylation sites (N-methyl/N-ethyl adjacent to an activating group) is 1. The number of rotatable bonds is 4. The fourth-order valence-corrected chi connectivity index (χ4v) is 2.17. The summed E-state index contributed by atoms with van der Waals surface area (Å²) in [5, 5.41) is 10.5. The molecule has 0 aromatic heterocycles. The van der Waals surface area contributed by atoms with Gasteiger partial charge in [-0.15, -0.1) is 0 Å². The first kappa shape index (κ1) is 14.6. The highest BCUT2D eigenvalue weighted by molar-refractivity contribution is 7.89. The maximum Gasteiger partial charge on any atom is 0.241 e. The minimum Gasteiger partial charge on any atom is -0.325 e. The van der Waals surface area contributed by atoms with Gasteiger partial charge in [0.25, 0.3) is 0 Å². The lowest BCUT2D eigenvalue weighted by atomic mass is 10.2. The molecular formula is C11H17N3O3S. The van der Waals surface area contributed by atoms with Gasteiger partial charge >= 0.3 is 0 Å². The minimum atomic E-state index is -3.78. The van der Waals surface area contributed by atoms with E-state index >= 15 is 0 Å². The summed E-state index contributed by atoms with van der Waals surface area (Å²) in [4.78, 5) is 11.6. The predicted octanol–water partition coefficient (Wildman–Crippen LogP) is 0.189. The van der Waals surface area contributed by atoms with Crippen LogP contribution in [0.1, 0.15) is 12.5 Å². The van der Waals surface area contributed by atoms with E-state index in [1.54, 1.807) is 33.0 Å². The molecule has 4 N–H and O–H groups in total. The van der Waals surface area contributed by atoms with Gasteiger partial charge in [-0.05, 0) is 38.6 Å². The Labute approximate surface area is 107 Å². The monoisotopic (exact) mass is 271 g/mol. The predicted molar refractivity (Wildman–Crippen MR) is 69.7 cm³/mol. The van der Waals surface area contributed by atoms with Gasteiger partial charge in [0.1, 0.15) is 0 Å². The molecule has 7 heteroatoms. The number of hydrogen-bond acceptors (Lipinski definition) is 4. The van der Waals surface area contributed by atoms with Gasteiger partial charge in [-0.1, -0.05) is 6.07 Å².